The average molecular weight is 256 g/mol. The summed E-state index contributed by atoms with van der Waals surface area (Å²) in [6.45, 7) is 4.33. The molecular weight excluding hydrogens is 242 g/mol. The Kier molecular flexibility index (Phi) is 3.69. The molecule has 0 bridgehead atoms. The van der Waals surface area contributed by atoms with Crippen LogP contribution >= 0.6 is 11.6 Å². The molecule has 1 nitrogen and oxygen atoms in total. The molecule has 0 saturated carbocycles. The van der Waals surface area contributed by atoms with E-state index in [-0.39, 0.29) is 0 Å². The fraction of sp³-hybridized carbons (Fsp3) is 0.188. The summed E-state index contributed by atoms with van der Waals surface area (Å²) in [4.78, 5) is 0. The van der Waals surface area contributed by atoms with Gasteiger partial charge in [-0.2, -0.15) is 5.26 Å². The van der Waals surface area contributed by atoms with E-state index < -0.39 is 0 Å². The molecule has 0 fully saturated rings. The molecule has 0 atom stereocenters. The van der Waals surface area contributed by atoms with Gasteiger partial charge in [-0.3, -0.25) is 0 Å². The normalized spacial score (nSPS) is 10.4. The third kappa shape index (κ3) is 2.55. The predicted octanol–water partition coefficient (Wildman–Crippen LogP) is 5.00. The first-order valence-electron chi connectivity index (χ1n) is 5.92. The molecule has 2 aromatic rings. The molecule has 2 rings (SSSR count). The number of halogens is 1. The highest BCUT2D eigenvalue weighted by atomic mass is 35.5. The van der Waals surface area contributed by atoms with Crippen molar-refractivity contribution in [2.75, 3.05) is 0 Å². The number of nitriles is 1. The maximum atomic E-state index is 8.92. The van der Waals surface area contributed by atoms with Gasteiger partial charge in [-0.25, -0.2) is 0 Å². The summed E-state index contributed by atoms with van der Waals surface area (Å²) < 4.78 is 0. The van der Waals surface area contributed by atoms with Crippen LogP contribution in [0.2, 0.25) is 5.02 Å². The van der Waals surface area contributed by atoms with Crippen molar-refractivity contribution in [3.63, 3.8) is 0 Å². The second-order valence-electron chi connectivity index (χ2n) is 4.58. The zero-order chi connectivity index (χ0) is 13.1. The summed E-state index contributed by atoms with van der Waals surface area (Å²) in [6, 6.07) is 15.8. The van der Waals surface area contributed by atoms with Gasteiger partial charge in [0.05, 0.1) is 11.6 Å². The third-order valence-electron chi connectivity index (χ3n) is 2.98. The maximum absolute atomic E-state index is 8.92. The van der Waals surface area contributed by atoms with E-state index >= 15 is 0 Å². The van der Waals surface area contributed by atoms with E-state index in [0.29, 0.717) is 16.5 Å². The molecule has 0 N–H and O–H groups in total. The predicted molar refractivity (Wildman–Crippen MR) is 75.7 cm³/mol. The standard InChI is InChI=1S/C16H14ClN/c1-11(2)13-4-6-14(7-5-13)15-9-12(10-18)3-8-16(15)17/h3-9,11H,1-2H3. The lowest BCUT2D eigenvalue weighted by molar-refractivity contribution is 0.867. The summed E-state index contributed by atoms with van der Waals surface area (Å²) in [6.07, 6.45) is 0. The summed E-state index contributed by atoms with van der Waals surface area (Å²) >= 11 is 6.18. The summed E-state index contributed by atoms with van der Waals surface area (Å²) in [5.74, 6) is 0.514. The van der Waals surface area contributed by atoms with Crippen molar-refractivity contribution in [2.24, 2.45) is 0 Å². The maximum Gasteiger partial charge on any atom is 0.0991 e. The van der Waals surface area contributed by atoms with Crippen LogP contribution in [-0.4, -0.2) is 0 Å². The quantitative estimate of drug-likeness (QED) is 0.741. The minimum atomic E-state index is 0.514. The summed E-state index contributed by atoms with van der Waals surface area (Å²) in [5, 5.41) is 9.60. The Balaban J connectivity index is 2.45. The first-order chi connectivity index (χ1) is 8.61. The van der Waals surface area contributed by atoms with E-state index in [4.69, 9.17) is 16.9 Å². The Morgan fingerprint density at radius 3 is 2.28 bits per heavy atom. The van der Waals surface area contributed by atoms with Crippen LogP contribution in [0, 0.1) is 11.3 Å². The van der Waals surface area contributed by atoms with E-state index in [1.165, 1.54) is 5.56 Å². The third-order valence-corrected chi connectivity index (χ3v) is 3.31. The molecule has 0 amide bonds. The van der Waals surface area contributed by atoms with E-state index in [1.807, 2.05) is 6.07 Å². The lowest BCUT2D eigenvalue weighted by Crippen LogP contribution is -1.87. The van der Waals surface area contributed by atoms with Crippen molar-refractivity contribution in [3.05, 3.63) is 58.6 Å². The van der Waals surface area contributed by atoms with Crippen molar-refractivity contribution >= 4 is 11.6 Å². The average Bonchev–Trinajstić information content (AvgIpc) is 2.39. The van der Waals surface area contributed by atoms with Crippen LogP contribution < -0.4 is 0 Å². The van der Waals surface area contributed by atoms with Gasteiger partial charge in [-0.1, -0.05) is 49.7 Å². The first kappa shape index (κ1) is 12.7. The van der Waals surface area contributed by atoms with Crippen LogP contribution in [0.5, 0.6) is 0 Å². The van der Waals surface area contributed by atoms with E-state index in [0.717, 1.165) is 11.1 Å². The van der Waals surface area contributed by atoms with Gasteiger partial charge in [-0.15, -0.1) is 0 Å². The van der Waals surface area contributed by atoms with Crippen molar-refractivity contribution in [1.82, 2.24) is 0 Å². The first-order valence-corrected chi connectivity index (χ1v) is 6.29. The molecule has 0 aromatic heterocycles. The topological polar surface area (TPSA) is 23.8 Å². The van der Waals surface area contributed by atoms with Crippen molar-refractivity contribution in [2.45, 2.75) is 19.8 Å². The minimum absolute atomic E-state index is 0.514. The Labute approximate surface area is 113 Å². The van der Waals surface area contributed by atoms with Crippen molar-refractivity contribution in [1.29, 1.82) is 5.26 Å². The van der Waals surface area contributed by atoms with E-state index in [2.05, 4.69) is 44.2 Å². The van der Waals surface area contributed by atoms with E-state index in [9.17, 15) is 0 Å². The highest BCUT2D eigenvalue weighted by Gasteiger charge is 2.06. The number of rotatable bonds is 2. The van der Waals surface area contributed by atoms with Crippen LogP contribution in [0.25, 0.3) is 11.1 Å². The van der Waals surface area contributed by atoms with Gasteiger partial charge in [0.2, 0.25) is 0 Å². The van der Waals surface area contributed by atoms with Gasteiger partial charge in [0.1, 0.15) is 0 Å². The largest absolute Gasteiger partial charge is 0.192 e. The molecule has 0 heterocycles. The van der Waals surface area contributed by atoms with Gasteiger partial charge >= 0.3 is 0 Å². The Bertz CT molecular complexity index is 591. The number of nitrogens with zero attached hydrogens (tertiary/aromatic N) is 1. The highest BCUT2D eigenvalue weighted by Crippen LogP contribution is 2.29. The smallest absolute Gasteiger partial charge is 0.0991 e. The van der Waals surface area contributed by atoms with Crippen LogP contribution in [0.4, 0.5) is 0 Å². The molecule has 0 unspecified atom stereocenters. The summed E-state index contributed by atoms with van der Waals surface area (Å²) in [7, 11) is 0. The highest BCUT2D eigenvalue weighted by molar-refractivity contribution is 6.33. The van der Waals surface area contributed by atoms with Gasteiger partial charge in [-0.05, 0) is 35.2 Å². The second kappa shape index (κ2) is 5.25. The number of hydrogen-bond acceptors (Lipinski definition) is 1. The van der Waals surface area contributed by atoms with Crippen LogP contribution in [0.1, 0.15) is 30.9 Å². The van der Waals surface area contributed by atoms with Gasteiger partial charge < -0.3 is 0 Å². The Hall–Kier alpha value is -1.78. The van der Waals surface area contributed by atoms with Gasteiger partial charge in [0.25, 0.3) is 0 Å². The number of benzene rings is 2. The van der Waals surface area contributed by atoms with Crippen LogP contribution in [-0.2, 0) is 0 Å². The van der Waals surface area contributed by atoms with Gasteiger partial charge in [0.15, 0.2) is 0 Å². The molecule has 0 spiro atoms. The molecule has 0 saturated heterocycles. The summed E-state index contributed by atoms with van der Waals surface area (Å²) in [5.41, 5.74) is 3.88. The molecule has 90 valence electrons. The Morgan fingerprint density at radius 1 is 1.06 bits per heavy atom. The monoisotopic (exact) mass is 255 g/mol. The molecule has 0 aliphatic rings. The van der Waals surface area contributed by atoms with Crippen LogP contribution in [0.3, 0.4) is 0 Å². The van der Waals surface area contributed by atoms with Crippen molar-refractivity contribution < 1.29 is 0 Å². The molecular formula is C16H14ClN. The molecule has 18 heavy (non-hydrogen) atoms. The fourth-order valence-electron chi connectivity index (χ4n) is 1.86. The molecule has 2 aromatic carbocycles. The van der Waals surface area contributed by atoms with Gasteiger partial charge in [0, 0.05) is 10.6 Å². The molecule has 2 heteroatoms. The number of hydrogen-bond donors (Lipinski definition) is 0. The van der Waals surface area contributed by atoms with Crippen molar-refractivity contribution in [3.8, 4) is 17.2 Å². The van der Waals surface area contributed by atoms with E-state index in [1.54, 1.807) is 12.1 Å². The second-order valence-corrected chi connectivity index (χ2v) is 4.99. The lowest BCUT2D eigenvalue weighted by Gasteiger charge is -2.08. The SMILES string of the molecule is CC(C)c1ccc(-c2cc(C#N)ccc2Cl)cc1. The molecule has 0 radical (unpaired) electrons. The Morgan fingerprint density at radius 2 is 1.72 bits per heavy atom. The zero-order valence-electron chi connectivity index (χ0n) is 10.4. The van der Waals surface area contributed by atoms with Crippen LogP contribution in [0.15, 0.2) is 42.5 Å². The molecule has 0 aliphatic heterocycles. The lowest BCUT2D eigenvalue weighted by atomic mass is 9.98. The fourth-order valence-corrected chi connectivity index (χ4v) is 2.09. The minimum Gasteiger partial charge on any atom is -0.192 e. The molecule has 0 aliphatic carbocycles. The zero-order valence-corrected chi connectivity index (χ0v) is 11.2.